The second-order valence-electron chi connectivity index (χ2n) is 5.68. The Morgan fingerprint density at radius 3 is 2.62 bits per heavy atom. The van der Waals surface area contributed by atoms with Gasteiger partial charge in [0.25, 0.3) is 5.56 Å². The van der Waals surface area contributed by atoms with Crippen molar-refractivity contribution in [2.45, 2.75) is 6.92 Å². The summed E-state index contributed by atoms with van der Waals surface area (Å²) >= 11 is 7.20. The van der Waals surface area contributed by atoms with Crippen molar-refractivity contribution in [1.82, 2.24) is 24.7 Å². The highest BCUT2D eigenvalue weighted by atomic mass is 127. The van der Waals surface area contributed by atoms with Crippen LogP contribution in [0.2, 0.25) is 0 Å². The summed E-state index contributed by atoms with van der Waals surface area (Å²) in [5.74, 6) is 0.637. The van der Waals surface area contributed by atoms with Gasteiger partial charge in [-0.25, -0.2) is 9.97 Å². The van der Waals surface area contributed by atoms with E-state index < -0.39 is 0 Å². The van der Waals surface area contributed by atoms with E-state index in [1.807, 2.05) is 49.4 Å². The lowest BCUT2D eigenvalue weighted by atomic mass is 10.1. The summed E-state index contributed by atoms with van der Waals surface area (Å²) < 4.78 is 2.94. The zero-order valence-electron chi connectivity index (χ0n) is 13.6. The maximum atomic E-state index is 13.0. The van der Waals surface area contributed by atoms with Crippen LogP contribution in [-0.2, 0) is 0 Å². The van der Waals surface area contributed by atoms with Crippen LogP contribution in [0.4, 0.5) is 0 Å². The number of aromatic amines is 1. The molecule has 8 heteroatoms. The number of fused-ring (bicyclic) bond motifs is 1. The average molecular weight is 473 g/mol. The van der Waals surface area contributed by atoms with Crippen LogP contribution in [0.1, 0.15) is 5.82 Å². The lowest BCUT2D eigenvalue weighted by molar-refractivity contribution is 0.894. The summed E-state index contributed by atoms with van der Waals surface area (Å²) in [6.45, 7) is 1.83. The van der Waals surface area contributed by atoms with Gasteiger partial charge in [0.15, 0.2) is 0 Å². The van der Waals surface area contributed by atoms with Gasteiger partial charge in [-0.15, -0.1) is 0 Å². The molecule has 0 unspecified atom stereocenters. The Morgan fingerprint density at radius 1 is 1.12 bits per heavy atom. The maximum absolute atomic E-state index is 13.0. The first kappa shape index (κ1) is 17.0. The molecule has 128 valence electrons. The molecule has 26 heavy (non-hydrogen) atoms. The van der Waals surface area contributed by atoms with Crippen molar-refractivity contribution < 1.29 is 0 Å². The number of hydrogen-bond donors (Lipinski definition) is 1. The van der Waals surface area contributed by atoms with Gasteiger partial charge < -0.3 is 0 Å². The van der Waals surface area contributed by atoms with Gasteiger partial charge in [-0.1, -0.05) is 12.1 Å². The molecular formula is C18H12IN5OS. The number of nitrogens with zero attached hydrogens (tertiary/aromatic N) is 4. The molecule has 4 aromatic rings. The molecule has 0 bridgehead atoms. The van der Waals surface area contributed by atoms with Crippen LogP contribution in [0.5, 0.6) is 0 Å². The fourth-order valence-electron chi connectivity index (χ4n) is 2.81. The Kier molecular flexibility index (Phi) is 4.37. The largest absolute Gasteiger partial charge is 0.268 e. The fraction of sp³-hybridized carbons (Fsp3) is 0.0556. The van der Waals surface area contributed by atoms with Crippen molar-refractivity contribution in [3.63, 3.8) is 0 Å². The average Bonchev–Trinajstić information content (AvgIpc) is 2.63. The van der Waals surface area contributed by atoms with Crippen LogP contribution < -0.4 is 5.56 Å². The molecule has 0 saturated carbocycles. The Morgan fingerprint density at radius 2 is 1.88 bits per heavy atom. The molecule has 0 saturated heterocycles. The second-order valence-corrected chi connectivity index (χ2v) is 7.31. The van der Waals surface area contributed by atoms with E-state index in [0.29, 0.717) is 27.2 Å². The van der Waals surface area contributed by atoms with Gasteiger partial charge in [0.1, 0.15) is 5.82 Å². The van der Waals surface area contributed by atoms with Gasteiger partial charge in [0.05, 0.1) is 28.5 Å². The standard InChI is InChI=1S/C18H12IN5OS/c1-10-21-15-7-4-12(19)8-14(15)17(25)24(10)13-5-2-11(3-6-13)16-9-20-23-18(26)22-16/h2-9H,1H3,(H,22,23,26). The van der Waals surface area contributed by atoms with Crippen molar-refractivity contribution in [2.75, 3.05) is 0 Å². The normalized spacial score (nSPS) is 11.0. The lowest BCUT2D eigenvalue weighted by Crippen LogP contribution is -2.22. The fourth-order valence-corrected chi connectivity index (χ4v) is 3.45. The predicted molar refractivity (Wildman–Crippen MR) is 111 cm³/mol. The Bertz CT molecular complexity index is 1250. The highest BCUT2D eigenvalue weighted by Gasteiger charge is 2.11. The number of aromatic nitrogens is 5. The van der Waals surface area contributed by atoms with E-state index in [-0.39, 0.29) is 5.56 Å². The first-order valence-corrected chi connectivity index (χ1v) is 9.23. The smallest absolute Gasteiger partial charge is 0.265 e. The molecule has 2 aromatic heterocycles. The van der Waals surface area contributed by atoms with Gasteiger partial charge in [-0.2, -0.15) is 5.10 Å². The highest BCUT2D eigenvalue weighted by molar-refractivity contribution is 14.1. The van der Waals surface area contributed by atoms with E-state index in [9.17, 15) is 4.79 Å². The van der Waals surface area contributed by atoms with Gasteiger partial charge in [0, 0.05) is 9.13 Å². The van der Waals surface area contributed by atoms with Crippen molar-refractivity contribution in [3.05, 3.63) is 73.2 Å². The molecule has 0 aliphatic carbocycles. The molecule has 0 fully saturated rings. The topological polar surface area (TPSA) is 76.5 Å². The van der Waals surface area contributed by atoms with Crippen LogP contribution in [0.15, 0.2) is 53.5 Å². The molecule has 0 aliphatic rings. The summed E-state index contributed by atoms with van der Waals surface area (Å²) in [6.07, 6.45) is 1.61. The van der Waals surface area contributed by atoms with E-state index in [0.717, 1.165) is 14.8 Å². The molecule has 4 rings (SSSR count). The van der Waals surface area contributed by atoms with Crippen molar-refractivity contribution >= 4 is 45.7 Å². The molecule has 0 aliphatic heterocycles. The van der Waals surface area contributed by atoms with E-state index in [4.69, 9.17) is 12.2 Å². The maximum Gasteiger partial charge on any atom is 0.265 e. The molecule has 2 heterocycles. The number of halogens is 1. The first-order chi connectivity index (χ1) is 12.5. The Labute approximate surface area is 167 Å². The summed E-state index contributed by atoms with van der Waals surface area (Å²) in [4.78, 5) is 21.8. The number of H-pyrrole nitrogens is 1. The molecule has 0 atom stereocenters. The third-order valence-corrected chi connectivity index (χ3v) is 4.84. The molecular weight excluding hydrogens is 461 g/mol. The molecule has 0 spiro atoms. The minimum atomic E-state index is -0.0827. The van der Waals surface area contributed by atoms with E-state index >= 15 is 0 Å². The zero-order chi connectivity index (χ0) is 18.3. The lowest BCUT2D eigenvalue weighted by Gasteiger charge is -2.11. The number of aryl methyl sites for hydroxylation is 1. The third-order valence-electron chi connectivity index (χ3n) is 3.99. The summed E-state index contributed by atoms with van der Waals surface area (Å²) in [5, 5.41) is 7.17. The first-order valence-electron chi connectivity index (χ1n) is 7.74. The minimum Gasteiger partial charge on any atom is -0.268 e. The quantitative estimate of drug-likeness (QED) is 0.354. The number of nitrogens with one attached hydrogen (secondary N) is 1. The van der Waals surface area contributed by atoms with Crippen LogP contribution in [0, 0.1) is 15.3 Å². The van der Waals surface area contributed by atoms with Gasteiger partial charge in [-0.3, -0.25) is 14.5 Å². The monoisotopic (exact) mass is 473 g/mol. The molecule has 0 radical (unpaired) electrons. The number of benzene rings is 2. The molecule has 1 N–H and O–H groups in total. The predicted octanol–water partition coefficient (Wildman–Crippen LogP) is 3.81. The van der Waals surface area contributed by atoms with Gasteiger partial charge in [0.2, 0.25) is 4.77 Å². The van der Waals surface area contributed by atoms with E-state index in [2.05, 4.69) is 42.8 Å². The van der Waals surface area contributed by atoms with Gasteiger partial charge in [-0.05, 0) is 72.1 Å². The highest BCUT2D eigenvalue weighted by Crippen LogP contribution is 2.19. The second kappa shape index (κ2) is 6.69. The zero-order valence-corrected chi connectivity index (χ0v) is 16.6. The van der Waals surface area contributed by atoms with E-state index in [1.165, 1.54) is 0 Å². The summed E-state index contributed by atoms with van der Waals surface area (Å²) in [5.41, 5.74) is 2.92. The van der Waals surface area contributed by atoms with Crippen molar-refractivity contribution in [1.29, 1.82) is 0 Å². The number of hydrogen-bond acceptors (Lipinski definition) is 5. The molecule has 6 nitrogen and oxygen atoms in total. The van der Waals surface area contributed by atoms with Crippen molar-refractivity contribution in [3.8, 4) is 16.9 Å². The Hall–Kier alpha value is -2.46. The molecule has 0 amide bonds. The molecule has 2 aromatic carbocycles. The summed E-state index contributed by atoms with van der Waals surface area (Å²) in [7, 11) is 0. The van der Waals surface area contributed by atoms with Crippen LogP contribution in [0.3, 0.4) is 0 Å². The van der Waals surface area contributed by atoms with Crippen LogP contribution in [-0.4, -0.2) is 24.7 Å². The van der Waals surface area contributed by atoms with Gasteiger partial charge >= 0.3 is 0 Å². The van der Waals surface area contributed by atoms with Crippen LogP contribution in [0.25, 0.3) is 27.8 Å². The SMILES string of the molecule is Cc1nc2ccc(I)cc2c(=O)n1-c1ccc(-c2cn[nH]c(=S)n2)cc1. The number of rotatable bonds is 2. The van der Waals surface area contributed by atoms with Crippen molar-refractivity contribution in [2.24, 2.45) is 0 Å². The van der Waals surface area contributed by atoms with Crippen LogP contribution >= 0.6 is 34.8 Å². The summed E-state index contributed by atoms with van der Waals surface area (Å²) in [6, 6.07) is 13.2. The Balaban J connectivity index is 1.85. The minimum absolute atomic E-state index is 0.0827. The third kappa shape index (κ3) is 3.06. The van der Waals surface area contributed by atoms with E-state index in [1.54, 1.807) is 10.8 Å².